The Kier molecular flexibility index (Phi) is 5.45. The van der Waals surface area contributed by atoms with Crippen LogP contribution in [-0.4, -0.2) is 35.4 Å². The molecule has 2 nitrogen and oxygen atoms in total. The Hall–Kier alpha value is -0.610. The number of thioether (sulfide) groups is 1. The summed E-state index contributed by atoms with van der Waals surface area (Å²) >= 11 is 6.16. The molecule has 1 heterocycles. The van der Waals surface area contributed by atoms with Crippen LogP contribution in [0.25, 0.3) is 0 Å². The fraction of sp³-hybridized carbons (Fsp3) is 0.500. The highest BCUT2D eigenvalue weighted by Gasteiger charge is 2.27. The number of amides is 1. The largest absolute Gasteiger partial charge is 0.342 e. The summed E-state index contributed by atoms with van der Waals surface area (Å²) in [7, 11) is 0. The summed E-state index contributed by atoms with van der Waals surface area (Å²) in [5.41, 5.74) is 1.35. The molecule has 18 heavy (non-hydrogen) atoms. The summed E-state index contributed by atoms with van der Waals surface area (Å²) in [6.45, 7) is 1.77. The molecule has 0 radical (unpaired) electrons. The van der Waals surface area contributed by atoms with Gasteiger partial charge in [-0.1, -0.05) is 30.3 Å². The maximum absolute atomic E-state index is 11.7. The number of thiol groups is 1. The fourth-order valence-electron chi connectivity index (χ4n) is 2.13. The van der Waals surface area contributed by atoms with Crippen LogP contribution in [0.2, 0.25) is 0 Å². The first-order valence-corrected chi connectivity index (χ1v) is 8.08. The van der Waals surface area contributed by atoms with E-state index in [2.05, 4.69) is 36.9 Å². The Balaban J connectivity index is 1.65. The van der Waals surface area contributed by atoms with Gasteiger partial charge in [-0.25, -0.2) is 0 Å². The molecule has 0 spiro atoms. The van der Waals surface area contributed by atoms with E-state index in [1.54, 1.807) is 0 Å². The van der Waals surface area contributed by atoms with Crippen LogP contribution in [0.4, 0.5) is 0 Å². The van der Waals surface area contributed by atoms with Gasteiger partial charge in [-0.3, -0.25) is 4.79 Å². The van der Waals surface area contributed by atoms with Crippen molar-refractivity contribution in [2.45, 2.75) is 12.2 Å². The van der Waals surface area contributed by atoms with Gasteiger partial charge in [0.25, 0.3) is 0 Å². The minimum Gasteiger partial charge on any atom is -0.342 e. The standard InChI is InChI=1S/C14H19NOS2/c16-14-8-13(10-17)9-15(14)6-7-18-11-12-4-2-1-3-5-12/h1-5,13,17H,6-11H2. The van der Waals surface area contributed by atoms with Gasteiger partial charge in [-0.2, -0.15) is 24.4 Å². The lowest BCUT2D eigenvalue weighted by molar-refractivity contribution is -0.127. The van der Waals surface area contributed by atoms with Crippen molar-refractivity contribution in [2.75, 3.05) is 24.6 Å². The van der Waals surface area contributed by atoms with Crippen molar-refractivity contribution in [1.82, 2.24) is 4.90 Å². The van der Waals surface area contributed by atoms with Gasteiger partial charge in [0, 0.05) is 31.0 Å². The quantitative estimate of drug-likeness (QED) is 0.639. The fourth-order valence-corrected chi connectivity index (χ4v) is 3.30. The van der Waals surface area contributed by atoms with Crippen molar-refractivity contribution in [3.63, 3.8) is 0 Å². The van der Waals surface area contributed by atoms with Crippen LogP contribution in [0, 0.1) is 5.92 Å². The van der Waals surface area contributed by atoms with E-state index in [0.29, 0.717) is 18.2 Å². The van der Waals surface area contributed by atoms with Gasteiger partial charge >= 0.3 is 0 Å². The number of carbonyl (C=O) groups excluding carboxylic acids is 1. The van der Waals surface area contributed by atoms with Gasteiger partial charge in [0.15, 0.2) is 0 Å². The molecule has 2 rings (SSSR count). The molecule has 0 aromatic heterocycles. The van der Waals surface area contributed by atoms with Crippen molar-refractivity contribution >= 4 is 30.3 Å². The first kappa shape index (κ1) is 13.8. The van der Waals surface area contributed by atoms with E-state index in [9.17, 15) is 4.79 Å². The maximum Gasteiger partial charge on any atom is 0.222 e. The monoisotopic (exact) mass is 281 g/mol. The summed E-state index contributed by atoms with van der Waals surface area (Å²) in [4.78, 5) is 13.7. The summed E-state index contributed by atoms with van der Waals surface area (Å²) in [5.74, 6) is 3.62. The average Bonchev–Trinajstić information content (AvgIpc) is 2.77. The van der Waals surface area contributed by atoms with E-state index in [0.717, 1.165) is 30.3 Å². The lowest BCUT2D eigenvalue weighted by atomic mass is 10.1. The normalized spacial score (nSPS) is 19.5. The Morgan fingerprint density at radius 3 is 2.78 bits per heavy atom. The third kappa shape index (κ3) is 3.95. The highest BCUT2D eigenvalue weighted by Crippen LogP contribution is 2.19. The van der Waals surface area contributed by atoms with E-state index in [-0.39, 0.29) is 0 Å². The molecule has 4 heteroatoms. The summed E-state index contributed by atoms with van der Waals surface area (Å²) in [6.07, 6.45) is 0.687. The molecule has 0 N–H and O–H groups in total. The van der Waals surface area contributed by atoms with Crippen LogP contribution in [0.1, 0.15) is 12.0 Å². The molecule has 1 aliphatic heterocycles. The molecule has 0 saturated carbocycles. The van der Waals surface area contributed by atoms with Crippen molar-refractivity contribution in [2.24, 2.45) is 5.92 Å². The molecule has 0 aliphatic carbocycles. The van der Waals surface area contributed by atoms with E-state index >= 15 is 0 Å². The minimum atomic E-state index is 0.300. The molecule has 1 saturated heterocycles. The number of hydrogen-bond acceptors (Lipinski definition) is 3. The lowest BCUT2D eigenvalue weighted by Gasteiger charge is -2.15. The average molecular weight is 281 g/mol. The Bertz CT molecular complexity index is 383. The van der Waals surface area contributed by atoms with Crippen LogP contribution in [0.5, 0.6) is 0 Å². The summed E-state index contributed by atoms with van der Waals surface area (Å²) < 4.78 is 0. The first-order chi connectivity index (χ1) is 8.79. The van der Waals surface area contributed by atoms with Crippen LogP contribution >= 0.6 is 24.4 Å². The van der Waals surface area contributed by atoms with E-state index in [1.165, 1.54) is 5.56 Å². The molecule has 1 aromatic carbocycles. The molecular formula is C14H19NOS2. The number of likely N-dealkylation sites (tertiary alicyclic amines) is 1. The van der Waals surface area contributed by atoms with E-state index in [1.807, 2.05) is 22.7 Å². The van der Waals surface area contributed by atoms with Gasteiger partial charge in [0.05, 0.1) is 0 Å². The third-order valence-electron chi connectivity index (χ3n) is 3.17. The predicted molar refractivity (Wildman–Crippen MR) is 81.1 cm³/mol. The molecule has 1 aliphatic rings. The highest BCUT2D eigenvalue weighted by molar-refractivity contribution is 7.98. The summed E-state index contributed by atoms with van der Waals surface area (Å²) in [6, 6.07) is 10.5. The SMILES string of the molecule is O=C1CC(CS)CN1CCSCc1ccccc1. The number of benzene rings is 1. The Morgan fingerprint density at radius 1 is 1.33 bits per heavy atom. The number of nitrogens with zero attached hydrogens (tertiary/aromatic N) is 1. The third-order valence-corrected chi connectivity index (χ3v) is 4.69. The van der Waals surface area contributed by atoms with Crippen LogP contribution in [-0.2, 0) is 10.5 Å². The van der Waals surface area contributed by atoms with Crippen LogP contribution < -0.4 is 0 Å². The zero-order valence-corrected chi connectivity index (χ0v) is 12.1. The number of carbonyl (C=O) groups is 1. The van der Waals surface area contributed by atoms with Gasteiger partial charge < -0.3 is 4.90 Å². The molecule has 1 unspecified atom stereocenters. The van der Waals surface area contributed by atoms with Crippen LogP contribution in [0.15, 0.2) is 30.3 Å². The molecule has 1 aromatic rings. The molecule has 1 fully saturated rings. The number of hydrogen-bond donors (Lipinski definition) is 1. The van der Waals surface area contributed by atoms with Crippen molar-refractivity contribution < 1.29 is 4.79 Å². The first-order valence-electron chi connectivity index (χ1n) is 6.30. The topological polar surface area (TPSA) is 20.3 Å². The maximum atomic E-state index is 11.7. The second kappa shape index (κ2) is 7.10. The molecule has 0 bridgehead atoms. The molecular weight excluding hydrogens is 262 g/mol. The van der Waals surface area contributed by atoms with Gasteiger partial charge in [0.2, 0.25) is 5.91 Å². The zero-order chi connectivity index (χ0) is 12.8. The van der Waals surface area contributed by atoms with Gasteiger partial charge in [-0.05, 0) is 17.2 Å². The van der Waals surface area contributed by atoms with E-state index < -0.39 is 0 Å². The molecule has 1 atom stereocenters. The second-order valence-electron chi connectivity index (χ2n) is 4.63. The highest BCUT2D eigenvalue weighted by atomic mass is 32.2. The van der Waals surface area contributed by atoms with Crippen LogP contribution in [0.3, 0.4) is 0 Å². The van der Waals surface area contributed by atoms with E-state index in [4.69, 9.17) is 0 Å². The number of rotatable bonds is 6. The Labute approximate surface area is 119 Å². The molecule has 1 amide bonds. The predicted octanol–water partition coefficient (Wildman–Crippen LogP) is 2.70. The molecule has 98 valence electrons. The van der Waals surface area contributed by atoms with Crippen molar-refractivity contribution in [3.8, 4) is 0 Å². The van der Waals surface area contributed by atoms with Crippen molar-refractivity contribution in [1.29, 1.82) is 0 Å². The van der Waals surface area contributed by atoms with Crippen molar-refractivity contribution in [3.05, 3.63) is 35.9 Å². The van der Waals surface area contributed by atoms with Gasteiger partial charge in [0.1, 0.15) is 0 Å². The minimum absolute atomic E-state index is 0.300. The lowest BCUT2D eigenvalue weighted by Crippen LogP contribution is -2.27. The Morgan fingerprint density at radius 2 is 2.11 bits per heavy atom. The summed E-state index contributed by atoms with van der Waals surface area (Å²) in [5, 5.41) is 0. The van der Waals surface area contributed by atoms with Gasteiger partial charge in [-0.15, -0.1) is 0 Å². The zero-order valence-electron chi connectivity index (χ0n) is 10.4. The smallest absolute Gasteiger partial charge is 0.222 e. The second-order valence-corrected chi connectivity index (χ2v) is 6.10.